The molecule has 6 amide bonds. The summed E-state index contributed by atoms with van der Waals surface area (Å²) >= 11 is 0. The molecule has 2 rings (SSSR count). The lowest BCUT2D eigenvalue weighted by Gasteiger charge is -2.26. The number of nitrogens with one attached hydrogen (secondary N) is 4. The number of aliphatic carboxylic acids is 2. The maximum absolute atomic E-state index is 13.8. The van der Waals surface area contributed by atoms with Crippen LogP contribution in [0, 0.1) is 0 Å². The summed E-state index contributed by atoms with van der Waals surface area (Å²) in [6.45, 7) is 1.03. The van der Waals surface area contributed by atoms with Crippen LogP contribution in [0.15, 0.2) is 16.3 Å². The van der Waals surface area contributed by atoms with Crippen molar-refractivity contribution in [3.8, 4) is 0 Å². The Labute approximate surface area is 415 Å². The number of amides is 6. The van der Waals surface area contributed by atoms with Gasteiger partial charge in [0.2, 0.25) is 35.4 Å². The van der Waals surface area contributed by atoms with Crippen molar-refractivity contribution in [3.05, 3.63) is 22.3 Å². The minimum atomic E-state index is -1.23. The van der Waals surface area contributed by atoms with Gasteiger partial charge in [-0.25, -0.2) is 0 Å². The molecule has 1 unspecified atom stereocenters. The molecule has 28 heteroatoms. The van der Waals surface area contributed by atoms with Crippen molar-refractivity contribution in [3.63, 3.8) is 0 Å². The first-order valence-electron chi connectivity index (χ1n) is 24.0. The number of carbonyl (C=O) groups excluding carboxylic acids is 9. The van der Waals surface area contributed by atoms with Gasteiger partial charge in [-0.2, -0.15) is 0 Å². The fourth-order valence-electron chi connectivity index (χ4n) is 7.57. The van der Waals surface area contributed by atoms with E-state index in [0.717, 1.165) is 0 Å². The van der Waals surface area contributed by atoms with Crippen molar-refractivity contribution in [2.75, 3.05) is 26.2 Å². The molecular formula is C44H69N15O13. The minimum absolute atomic E-state index is 0.0467. The van der Waals surface area contributed by atoms with Gasteiger partial charge in [0.05, 0.1) is 30.2 Å². The lowest BCUT2D eigenvalue weighted by molar-refractivity contribution is -0.141. The van der Waals surface area contributed by atoms with Crippen LogP contribution in [0.4, 0.5) is 0 Å². The Balaban J connectivity index is 2.12. The molecule has 1 aromatic heterocycles. The molecule has 28 nitrogen and oxygen atoms in total. The summed E-state index contributed by atoms with van der Waals surface area (Å²) in [7, 11) is 0. The highest BCUT2D eigenvalue weighted by Gasteiger charge is 2.36. The van der Waals surface area contributed by atoms with Crippen LogP contribution in [0.1, 0.15) is 134 Å². The summed E-state index contributed by atoms with van der Waals surface area (Å²) in [6.07, 6.45) is 1.61. The first kappa shape index (κ1) is 60.6. The summed E-state index contributed by atoms with van der Waals surface area (Å²) in [5.74, 6) is -7.39. The van der Waals surface area contributed by atoms with E-state index in [1.54, 1.807) is 6.20 Å². The molecule has 0 aromatic carbocycles. The number of Topliss-reactive ketones (excluding diaryl/α,β-unsaturated/α-hetero) is 3. The number of aromatic nitrogens is 3. The van der Waals surface area contributed by atoms with E-state index >= 15 is 0 Å². The van der Waals surface area contributed by atoms with Crippen LogP contribution in [0.3, 0.4) is 0 Å². The number of aryl methyl sites for hydroxylation is 2. The van der Waals surface area contributed by atoms with Crippen LogP contribution in [0.25, 0.3) is 10.4 Å². The van der Waals surface area contributed by atoms with Crippen LogP contribution in [0.5, 0.6) is 0 Å². The zero-order chi connectivity index (χ0) is 53.4. The zero-order valence-electron chi connectivity index (χ0n) is 40.5. The van der Waals surface area contributed by atoms with E-state index in [4.69, 9.17) is 32.9 Å². The molecule has 1 aliphatic heterocycles. The van der Waals surface area contributed by atoms with Crippen molar-refractivity contribution in [2.24, 2.45) is 27.3 Å². The van der Waals surface area contributed by atoms with Crippen LogP contribution < -0.4 is 38.5 Å². The molecule has 1 aromatic rings. The van der Waals surface area contributed by atoms with Crippen molar-refractivity contribution in [1.82, 2.24) is 41.2 Å². The number of aliphatic imine (C=N–C) groups is 1. The number of guanidine groups is 1. The molecular weight excluding hydrogens is 947 g/mol. The number of carboxylic acids is 2. The number of hydrogen-bond donors (Lipinski definition) is 9. The summed E-state index contributed by atoms with van der Waals surface area (Å²) in [5.41, 5.74) is 25.0. The summed E-state index contributed by atoms with van der Waals surface area (Å²) in [5, 5.41) is 39.9. The molecule has 398 valence electrons. The van der Waals surface area contributed by atoms with Gasteiger partial charge in [0, 0.05) is 108 Å². The number of ketones is 3. The van der Waals surface area contributed by atoms with Gasteiger partial charge in [-0.1, -0.05) is 10.3 Å². The molecule has 0 aliphatic carbocycles. The average molecular weight is 1020 g/mol. The third-order valence-electron chi connectivity index (χ3n) is 11.4. The predicted octanol–water partition coefficient (Wildman–Crippen LogP) is -0.650. The van der Waals surface area contributed by atoms with Crippen LogP contribution in [0.2, 0.25) is 0 Å². The lowest BCUT2D eigenvalue weighted by Crippen LogP contribution is -2.51. The van der Waals surface area contributed by atoms with Crippen molar-refractivity contribution in [1.29, 1.82) is 0 Å². The lowest BCUT2D eigenvalue weighted by atomic mass is 9.99. The number of carbonyl (C=O) groups is 11. The van der Waals surface area contributed by atoms with E-state index in [2.05, 4.69) is 46.6 Å². The maximum Gasteiger partial charge on any atom is 0.303 e. The first-order chi connectivity index (χ1) is 34.3. The number of azide groups is 1. The van der Waals surface area contributed by atoms with Gasteiger partial charge in [0.1, 0.15) is 6.04 Å². The normalized spacial score (nSPS) is 14.1. The minimum Gasteiger partial charge on any atom is -0.481 e. The van der Waals surface area contributed by atoms with Crippen LogP contribution in [-0.2, 0) is 65.7 Å². The summed E-state index contributed by atoms with van der Waals surface area (Å²) in [4.78, 5) is 147. The number of unbranched alkanes of at least 4 members (excludes halogenated alkanes) is 1. The molecule has 4 atom stereocenters. The quantitative estimate of drug-likeness (QED) is 0.00988. The third-order valence-corrected chi connectivity index (χ3v) is 11.4. The van der Waals surface area contributed by atoms with Gasteiger partial charge >= 0.3 is 11.9 Å². The Morgan fingerprint density at radius 1 is 0.694 bits per heavy atom. The number of hydrogen-bond acceptors (Lipinski definition) is 15. The van der Waals surface area contributed by atoms with E-state index in [9.17, 15) is 52.7 Å². The Morgan fingerprint density at radius 3 is 1.96 bits per heavy atom. The topological polar surface area (TPSA) is 449 Å². The molecule has 0 saturated carbocycles. The standard InChI is InChI=1S/C44H69N15O13/c45-36(63)17-13-31(35(62)16-21-42(70)71)54-43(72)32-9-5-26-59(32)40(67)20-15-34(61)29(7-1-2-22-49-37(64)10-4-24-51-56-48)52-39(66)19-14-33(60)30(8-3-23-50-44(46)47)53-38(65)18-12-28-27-58(57-55-28)25-6-11-41(68)69/h27,29-32H,1-26H2,(H2,45,63)(H,49,64)(H,52,66)(H,53,65)(H,54,72)(H,68,69)(H,70,71)(H4,46,47,50)/t29-,30-,31-,32?/m0/s1. The number of primary amides is 1. The Morgan fingerprint density at radius 2 is 1.32 bits per heavy atom. The van der Waals surface area contributed by atoms with E-state index < -0.39 is 95.8 Å². The Bertz CT molecular complexity index is 2120. The zero-order valence-corrected chi connectivity index (χ0v) is 40.5. The van der Waals surface area contributed by atoms with E-state index in [1.165, 1.54) is 9.58 Å². The first-order valence-corrected chi connectivity index (χ1v) is 24.0. The van der Waals surface area contributed by atoms with Crippen molar-refractivity contribution >= 4 is 70.7 Å². The fourth-order valence-corrected chi connectivity index (χ4v) is 7.57. The monoisotopic (exact) mass is 1020 g/mol. The number of likely N-dealkylation sites (tertiary alicyclic amines) is 1. The third kappa shape index (κ3) is 25.9. The largest absolute Gasteiger partial charge is 0.481 e. The second-order valence-corrected chi connectivity index (χ2v) is 17.2. The predicted molar refractivity (Wildman–Crippen MR) is 255 cm³/mol. The van der Waals surface area contributed by atoms with Crippen LogP contribution >= 0.6 is 0 Å². The van der Waals surface area contributed by atoms with Crippen molar-refractivity contribution in [2.45, 2.75) is 166 Å². The van der Waals surface area contributed by atoms with Gasteiger partial charge in [-0.05, 0) is 69.7 Å². The van der Waals surface area contributed by atoms with Gasteiger partial charge in [0.15, 0.2) is 23.3 Å². The molecule has 1 saturated heterocycles. The molecule has 12 N–H and O–H groups in total. The Kier molecular flexibility index (Phi) is 28.6. The van der Waals surface area contributed by atoms with Gasteiger partial charge in [-0.3, -0.25) is 62.4 Å². The molecule has 1 fully saturated rings. The highest BCUT2D eigenvalue weighted by atomic mass is 16.4. The summed E-state index contributed by atoms with van der Waals surface area (Å²) < 4.78 is 1.47. The van der Waals surface area contributed by atoms with Gasteiger partial charge in [-0.15, -0.1) is 5.10 Å². The molecule has 1 aliphatic rings. The van der Waals surface area contributed by atoms with Crippen LogP contribution in [-0.4, -0.2) is 151 Å². The molecule has 72 heavy (non-hydrogen) atoms. The van der Waals surface area contributed by atoms with Crippen molar-refractivity contribution < 1.29 is 63.0 Å². The van der Waals surface area contributed by atoms with Gasteiger partial charge < -0.3 is 53.6 Å². The van der Waals surface area contributed by atoms with Gasteiger partial charge in [0.25, 0.3) is 0 Å². The van der Waals surface area contributed by atoms with E-state index in [1.807, 2.05) is 0 Å². The van der Waals surface area contributed by atoms with E-state index in [-0.39, 0.29) is 122 Å². The molecule has 2 heterocycles. The highest BCUT2D eigenvalue weighted by Crippen LogP contribution is 2.21. The average Bonchev–Trinajstić information content (AvgIpc) is 4.02. The molecule has 0 bridgehead atoms. The SMILES string of the molecule is [N-]=[N+]=NCCCC(=O)NCCCC[C@H](NC(=O)CCC(=O)[C@H](CCCN=C(N)N)NC(=O)CCc1cn(CCCC(=O)O)nn1)C(=O)CCC(=O)N1CCCC1C(=O)N[C@@H](CCC(N)=O)C(=O)CCC(=O)O. The Hall–Kier alpha value is -7.51. The second kappa shape index (κ2) is 33.9. The maximum atomic E-state index is 13.8. The molecule has 0 radical (unpaired) electrons. The number of nitrogens with zero attached hydrogens (tertiary/aromatic N) is 8. The number of nitrogens with two attached hydrogens (primary N) is 3. The molecule has 0 spiro atoms. The fraction of sp³-hybridized carbons (Fsp3) is 0.682. The highest BCUT2D eigenvalue weighted by molar-refractivity contribution is 5.96. The smallest absolute Gasteiger partial charge is 0.303 e. The van der Waals surface area contributed by atoms with E-state index in [0.29, 0.717) is 50.8 Å². The number of rotatable bonds is 39. The number of carboxylic acid groups (broad SMARTS) is 2. The summed E-state index contributed by atoms with van der Waals surface area (Å²) in [6, 6.07) is -4.40. The second-order valence-electron chi connectivity index (χ2n) is 17.2.